The van der Waals surface area contributed by atoms with E-state index >= 15 is 0 Å². The number of benzene rings is 1. The Labute approximate surface area is 122 Å². The van der Waals surface area contributed by atoms with Gasteiger partial charge in [0.2, 0.25) is 5.91 Å². The molecule has 0 spiro atoms. The number of aliphatic hydroxyl groups is 1. The van der Waals surface area contributed by atoms with Crippen LogP contribution in [0.4, 0.5) is 0 Å². The van der Waals surface area contributed by atoms with Gasteiger partial charge in [0.25, 0.3) is 0 Å². The van der Waals surface area contributed by atoms with Crippen molar-refractivity contribution in [2.45, 2.75) is 40.0 Å². The average molecular weight is 277 g/mol. The quantitative estimate of drug-likeness (QED) is 0.767. The first-order chi connectivity index (χ1) is 9.56. The summed E-state index contributed by atoms with van der Waals surface area (Å²) in [6, 6.07) is 10.0. The number of carbonyl (C=O) groups is 1. The molecule has 0 aliphatic rings. The van der Waals surface area contributed by atoms with Crippen molar-refractivity contribution in [3.8, 4) is 0 Å². The van der Waals surface area contributed by atoms with Crippen LogP contribution in [0, 0.1) is 11.3 Å². The van der Waals surface area contributed by atoms with Crippen molar-refractivity contribution in [3.05, 3.63) is 35.9 Å². The normalized spacial score (nSPS) is 13.0. The molecule has 0 fully saturated rings. The maximum absolute atomic E-state index is 12.1. The van der Waals surface area contributed by atoms with E-state index in [1.165, 1.54) is 5.56 Å². The molecule has 20 heavy (non-hydrogen) atoms. The number of amides is 1. The second kappa shape index (κ2) is 8.05. The van der Waals surface area contributed by atoms with Crippen LogP contribution in [0.25, 0.3) is 0 Å². The smallest absolute Gasteiger partial charge is 0.223 e. The molecule has 1 aromatic rings. The van der Waals surface area contributed by atoms with E-state index in [1.807, 2.05) is 37.3 Å². The van der Waals surface area contributed by atoms with Crippen LogP contribution in [0.2, 0.25) is 0 Å². The molecule has 112 valence electrons. The van der Waals surface area contributed by atoms with E-state index in [0.29, 0.717) is 6.54 Å². The summed E-state index contributed by atoms with van der Waals surface area (Å²) in [7, 11) is 0. The molecule has 2 N–H and O–H groups in total. The maximum Gasteiger partial charge on any atom is 0.223 e. The molecular formula is C17H27NO2. The van der Waals surface area contributed by atoms with Crippen LogP contribution in [0.3, 0.4) is 0 Å². The van der Waals surface area contributed by atoms with Crippen molar-refractivity contribution < 1.29 is 9.90 Å². The van der Waals surface area contributed by atoms with Crippen molar-refractivity contribution in [2.75, 3.05) is 13.2 Å². The maximum atomic E-state index is 12.1. The van der Waals surface area contributed by atoms with Gasteiger partial charge in [-0.15, -0.1) is 0 Å². The predicted octanol–water partition coefficient (Wildman–Crippen LogP) is 2.78. The Balaban J connectivity index is 2.50. The molecule has 0 aliphatic heterocycles. The van der Waals surface area contributed by atoms with Crippen molar-refractivity contribution in [2.24, 2.45) is 11.3 Å². The minimum atomic E-state index is -0.178. The molecule has 3 heteroatoms. The zero-order chi connectivity index (χ0) is 15.0. The first-order valence-electron chi connectivity index (χ1n) is 7.49. The first kappa shape index (κ1) is 16.7. The molecule has 0 radical (unpaired) electrons. The third-order valence-corrected chi connectivity index (χ3v) is 4.31. The summed E-state index contributed by atoms with van der Waals surface area (Å²) in [4.78, 5) is 12.1. The fourth-order valence-electron chi connectivity index (χ4n) is 2.29. The van der Waals surface area contributed by atoms with Crippen molar-refractivity contribution in [1.82, 2.24) is 5.32 Å². The summed E-state index contributed by atoms with van der Waals surface area (Å²) in [5.41, 5.74) is 0.997. The molecule has 1 rings (SSSR count). The van der Waals surface area contributed by atoms with Gasteiger partial charge in [0.15, 0.2) is 0 Å². The Hall–Kier alpha value is -1.35. The van der Waals surface area contributed by atoms with Gasteiger partial charge in [-0.25, -0.2) is 0 Å². The van der Waals surface area contributed by atoms with Crippen molar-refractivity contribution in [3.63, 3.8) is 0 Å². The average Bonchev–Trinajstić information content (AvgIpc) is 2.50. The highest BCUT2D eigenvalue weighted by Crippen LogP contribution is 2.24. The van der Waals surface area contributed by atoms with Crippen LogP contribution >= 0.6 is 0 Å². The van der Waals surface area contributed by atoms with E-state index in [9.17, 15) is 9.90 Å². The van der Waals surface area contributed by atoms with E-state index in [2.05, 4.69) is 19.2 Å². The van der Waals surface area contributed by atoms with Crippen LogP contribution in [0.15, 0.2) is 30.3 Å². The summed E-state index contributed by atoms with van der Waals surface area (Å²) in [5, 5.41) is 12.5. The lowest BCUT2D eigenvalue weighted by atomic mass is 9.83. The topological polar surface area (TPSA) is 49.3 Å². The van der Waals surface area contributed by atoms with Crippen LogP contribution < -0.4 is 5.32 Å². The fraction of sp³-hybridized carbons (Fsp3) is 0.588. The summed E-state index contributed by atoms with van der Waals surface area (Å²) in [6.07, 6.45) is 2.48. The minimum Gasteiger partial charge on any atom is -0.396 e. The van der Waals surface area contributed by atoms with Crippen LogP contribution in [-0.2, 0) is 11.2 Å². The van der Waals surface area contributed by atoms with E-state index in [0.717, 1.165) is 19.3 Å². The minimum absolute atomic E-state index is 0.0532. The molecule has 1 atom stereocenters. The van der Waals surface area contributed by atoms with Gasteiger partial charge < -0.3 is 10.4 Å². The van der Waals surface area contributed by atoms with Gasteiger partial charge in [-0.05, 0) is 24.8 Å². The standard InChI is InChI=1S/C17H27NO2/c1-4-17(5-2,13-19)12-18-16(20)14(3)11-15-9-7-6-8-10-15/h6-10,14,19H,4-5,11-13H2,1-3H3,(H,18,20). The Bertz CT molecular complexity index is 390. The highest BCUT2D eigenvalue weighted by Gasteiger charge is 2.26. The third kappa shape index (κ3) is 4.64. The Morgan fingerprint density at radius 3 is 2.35 bits per heavy atom. The second-order valence-electron chi connectivity index (χ2n) is 5.67. The highest BCUT2D eigenvalue weighted by atomic mass is 16.3. The van der Waals surface area contributed by atoms with E-state index in [-0.39, 0.29) is 23.8 Å². The van der Waals surface area contributed by atoms with Gasteiger partial charge in [-0.1, -0.05) is 51.1 Å². The summed E-state index contributed by atoms with van der Waals surface area (Å²) >= 11 is 0. The van der Waals surface area contributed by atoms with Gasteiger partial charge >= 0.3 is 0 Å². The lowest BCUT2D eigenvalue weighted by Crippen LogP contribution is -2.41. The van der Waals surface area contributed by atoms with Crippen molar-refractivity contribution in [1.29, 1.82) is 0 Å². The number of hydrogen-bond donors (Lipinski definition) is 2. The molecular weight excluding hydrogens is 250 g/mol. The summed E-state index contributed by atoms with van der Waals surface area (Å²) < 4.78 is 0. The second-order valence-corrected chi connectivity index (χ2v) is 5.67. The van der Waals surface area contributed by atoms with Crippen LogP contribution in [-0.4, -0.2) is 24.2 Å². The molecule has 0 heterocycles. The Kier molecular flexibility index (Phi) is 6.73. The van der Waals surface area contributed by atoms with Crippen LogP contribution in [0.5, 0.6) is 0 Å². The monoisotopic (exact) mass is 277 g/mol. The number of carbonyl (C=O) groups excluding carboxylic acids is 1. The molecule has 0 saturated heterocycles. The van der Waals surface area contributed by atoms with Crippen LogP contribution in [0.1, 0.15) is 39.2 Å². The lowest BCUT2D eigenvalue weighted by Gasteiger charge is -2.30. The first-order valence-corrected chi connectivity index (χ1v) is 7.49. The fourth-order valence-corrected chi connectivity index (χ4v) is 2.29. The lowest BCUT2D eigenvalue weighted by molar-refractivity contribution is -0.125. The summed E-state index contributed by atoms with van der Waals surface area (Å²) in [5.74, 6) is 0.0103. The molecule has 1 aromatic carbocycles. The van der Waals surface area contributed by atoms with Gasteiger partial charge in [-0.3, -0.25) is 4.79 Å². The Morgan fingerprint density at radius 2 is 1.85 bits per heavy atom. The van der Waals surface area contributed by atoms with E-state index in [4.69, 9.17) is 0 Å². The number of nitrogens with one attached hydrogen (secondary N) is 1. The van der Waals surface area contributed by atoms with Gasteiger partial charge in [0, 0.05) is 17.9 Å². The SMILES string of the molecule is CCC(CC)(CO)CNC(=O)C(C)Cc1ccccc1. The summed E-state index contributed by atoms with van der Waals surface area (Å²) in [6.45, 7) is 6.72. The number of rotatable bonds is 8. The molecule has 0 saturated carbocycles. The third-order valence-electron chi connectivity index (χ3n) is 4.31. The molecule has 0 bridgehead atoms. The van der Waals surface area contributed by atoms with Crippen molar-refractivity contribution >= 4 is 5.91 Å². The number of hydrogen-bond acceptors (Lipinski definition) is 2. The molecule has 1 amide bonds. The number of aliphatic hydroxyl groups excluding tert-OH is 1. The predicted molar refractivity (Wildman–Crippen MR) is 82.4 cm³/mol. The zero-order valence-electron chi connectivity index (χ0n) is 12.9. The van der Waals surface area contributed by atoms with E-state index < -0.39 is 0 Å². The molecule has 3 nitrogen and oxygen atoms in total. The van der Waals surface area contributed by atoms with E-state index in [1.54, 1.807) is 0 Å². The largest absolute Gasteiger partial charge is 0.396 e. The van der Waals surface area contributed by atoms with Gasteiger partial charge in [0.05, 0.1) is 6.61 Å². The molecule has 1 unspecified atom stereocenters. The highest BCUT2D eigenvalue weighted by molar-refractivity contribution is 5.78. The Morgan fingerprint density at radius 1 is 1.25 bits per heavy atom. The molecule has 0 aliphatic carbocycles. The zero-order valence-corrected chi connectivity index (χ0v) is 12.9. The molecule has 0 aromatic heterocycles. The van der Waals surface area contributed by atoms with Gasteiger partial charge in [0.1, 0.15) is 0 Å². The van der Waals surface area contributed by atoms with Gasteiger partial charge in [-0.2, -0.15) is 0 Å².